The van der Waals surface area contributed by atoms with E-state index in [2.05, 4.69) is 10.4 Å². The fraction of sp³-hybridized carbons (Fsp3) is 0.667. The van der Waals surface area contributed by atoms with Crippen LogP contribution < -0.4 is 11.1 Å². The minimum absolute atomic E-state index is 0.0843. The molecule has 1 amide bonds. The molecule has 1 fully saturated rings. The summed E-state index contributed by atoms with van der Waals surface area (Å²) >= 11 is 0. The molecule has 2 rings (SSSR count). The Hall–Kier alpha value is -1.56. The number of nitrogen functional groups attached to an aromatic ring is 1. The molecule has 0 radical (unpaired) electrons. The van der Waals surface area contributed by atoms with E-state index >= 15 is 0 Å². The van der Waals surface area contributed by atoms with Crippen LogP contribution in [0.2, 0.25) is 0 Å². The second kappa shape index (κ2) is 5.86. The SMILES string of the molecule is Cc1cc(N)n(CC(=O)NC[C@@H]2CCCCO2)n1. The average molecular weight is 252 g/mol. The Morgan fingerprint density at radius 1 is 1.67 bits per heavy atom. The molecule has 0 unspecified atom stereocenters. The van der Waals surface area contributed by atoms with Crippen LogP contribution in [0.3, 0.4) is 0 Å². The quantitative estimate of drug-likeness (QED) is 0.815. The number of nitrogens with one attached hydrogen (secondary N) is 1. The van der Waals surface area contributed by atoms with Crippen molar-refractivity contribution in [2.24, 2.45) is 0 Å². The second-order valence-corrected chi connectivity index (χ2v) is 4.66. The summed E-state index contributed by atoms with van der Waals surface area (Å²) in [7, 11) is 0. The van der Waals surface area contributed by atoms with Crippen LogP contribution in [0.4, 0.5) is 5.82 Å². The zero-order chi connectivity index (χ0) is 13.0. The van der Waals surface area contributed by atoms with Gasteiger partial charge in [0.05, 0.1) is 11.8 Å². The van der Waals surface area contributed by atoms with E-state index in [1.165, 1.54) is 11.1 Å². The van der Waals surface area contributed by atoms with Gasteiger partial charge >= 0.3 is 0 Å². The van der Waals surface area contributed by atoms with Crippen molar-refractivity contribution < 1.29 is 9.53 Å². The number of rotatable bonds is 4. The van der Waals surface area contributed by atoms with E-state index in [9.17, 15) is 4.79 Å². The van der Waals surface area contributed by atoms with Crippen LogP contribution >= 0.6 is 0 Å². The smallest absolute Gasteiger partial charge is 0.241 e. The molecule has 1 aromatic heterocycles. The number of hydrogen-bond acceptors (Lipinski definition) is 4. The number of aryl methyl sites for hydroxylation is 1. The van der Waals surface area contributed by atoms with Gasteiger partial charge in [0, 0.05) is 19.2 Å². The Balaban J connectivity index is 1.76. The van der Waals surface area contributed by atoms with Gasteiger partial charge in [0.15, 0.2) is 0 Å². The third-order valence-electron chi connectivity index (χ3n) is 3.03. The lowest BCUT2D eigenvalue weighted by atomic mass is 10.1. The molecule has 0 aromatic carbocycles. The highest BCUT2D eigenvalue weighted by Crippen LogP contribution is 2.11. The van der Waals surface area contributed by atoms with Crippen LogP contribution in [0.25, 0.3) is 0 Å². The first-order chi connectivity index (χ1) is 8.65. The van der Waals surface area contributed by atoms with Crippen LogP contribution in [0.15, 0.2) is 6.07 Å². The van der Waals surface area contributed by atoms with Gasteiger partial charge in [0.1, 0.15) is 12.4 Å². The van der Waals surface area contributed by atoms with Crippen molar-refractivity contribution in [1.29, 1.82) is 0 Å². The van der Waals surface area contributed by atoms with Crippen LogP contribution in [0.5, 0.6) is 0 Å². The summed E-state index contributed by atoms with van der Waals surface area (Å²) < 4.78 is 7.05. The van der Waals surface area contributed by atoms with Crippen molar-refractivity contribution >= 4 is 11.7 Å². The summed E-state index contributed by atoms with van der Waals surface area (Å²) in [6, 6.07) is 1.75. The van der Waals surface area contributed by atoms with Crippen LogP contribution in [-0.4, -0.2) is 34.9 Å². The number of ether oxygens (including phenoxy) is 1. The van der Waals surface area contributed by atoms with E-state index in [-0.39, 0.29) is 18.6 Å². The molecule has 0 bridgehead atoms. The second-order valence-electron chi connectivity index (χ2n) is 4.66. The third-order valence-corrected chi connectivity index (χ3v) is 3.03. The molecule has 0 aliphatic carbocycles. The molecule has 0 spiro atoms. The predicted octanol–water partition coefficient (Wildman–Crippen LogP) is 0.459. The fourth-order valence-corrected chi connectivity index (χ4v) is 2.08. The molecule has 0 saturated carbocycles. The zero-order valence-corrected chi connectivity index (χ0v) is 10.7. The van der Waals surface area contributed by atoms with Crippen molar-refractivity contribution in [3.8, 4) is 0 Å². The van der Waals surface area contributed by atoms with E-state index in [1.807, 2.05) is 6.92 Å². The van der Waals surface area contributed by atoms with Gasteiger partial charge < -0.3 is 15.8 Å². The Morgan fingerprint density at radius 3 is 3.11 bits per heavy atom. The van der Waals surface area contributed by atoms with Gasteiger partial charge in [-0.25, -0.2) is 4.68 Å². The lowest BCUT2D eigenvalue weighted by Gasteiger charge is -2.22. The summed E-state index contributed by atoms with van der Waals surface area (Å²) in [5.74, 6) is 0.426. The molecular weight excluding hydrogens is 232 g/mol. The molecule has 1 atom stereocenters. The highest BCUT2D eigenvalue weighted by atomic mass is 16.5. The van der Waals surface area contributed by atoms with Gasteiger partial charge in [-0.05, 0) is 26.2 Å². The number of anilines is 1. The number of nitrogens with zero attached hydrogens (tertiary/aromatic N) is 2. The normalized spacial score (nSPS) is 19.7. The molecule has 6 heteroatoms. The first-order valence-corrected chi connectivity index (χ1v) is 6.33. The molecular formula is C12H20N4O2. The lowest BCUT2D eigenvalue weighted by molar-refractivity contribution is -0.122. The molecule has 1 aromatic rings. The topological polar surface area (TPSA) is 82.2 Å². The Bertz CT molecular complexity index is 410. The van der Waals surface area contributed by atoms with Gasteiger partial charge in [0.2, 0.25) is 5.91 Å². The summed E-state index contributed by atoms with van der Waals surface area (Å²) in [5.41, 5.74) is 6.54. The van der Waals surface area contributed by atoms with Crippen molar-refractivity contribution in [1.82, 2.24) is 15.1 Å². The largest absolute Gasteiger partial charge is 0.384 e. The van der Waals surface area contributed by atoms with Gasteiger partial charge in [-0.15, -0.1) is 0 Å². The van der Waals surface area contributed by atoms with E-state index in [1.54, 1.807) is 6.07 Å². The average Bonchev–Trinajstić information content (AvgIpc) is 2.67. The van der Waals surface area contributed by atoms with Crippen LogP contribution in [0.1, 0.15) is 25.0 Å². The standard InChI is InChI=1S/C12H20N4O2/c1-9-6-11(13)16(15-9)8-12(17)14-7-10-4-2-3-5-18-10/h6,10H,2-5,7-8,13H2,1H3,(H,14,17)/t10-/m0/s1. The fourth-order valence-electron chi connectivity index (χ4n) is 2.08. The van der Waals surface area contributed by atoms with Crippen LogP contribution in [-0.2, 0) is 16.1 Å². The van der Waals surface area contributed by atoms with E-state index in [4.69, 9.17) is 10.5 Å². The molecule has 100 valence electrons. The lowest BCUT2D eigenvalue weighted by Crippen LogP contribution is -2.37. The molecule has 3 N–H and O–H groups in total. The highest BCUT2D eigenvalue weighted by Gasteiger charge is 2.15. The minimum atomic E-state index is -0.0843. The van der Waals surface area contributed by atoms with Crippen molar-refractivity contribution in [3.05, 3.63) is 11.8 Å². The maximum absolute atomic E-state index is 11.7. The zero-order valence-electron chi connectivity index (χ0n) is 10.7. The number of hydrogen-bond donors (Lipinski definition) is 2. The molecule has 18 heavy (non-hydrogen) atoms. The number of nitrogens with two attached hydrogens (primary N) is 1. The van der Waals surface area contributed by atoms with Gasteiger partial charge in [0.25, 0.3) is 0 Å². The maximum atomic E-state index is 11.7. The molecule has 1 aliphatic heterocycles. The summed E-state index contributed by atoms with van der Waals surface area (Å²) in [4.78, 5) is 11.7. The van der Waals surface area contributed by atoms with Gasteiger partial charge in [-0.3, -0.25) is 4.79 Å². The molecule has 2 heterocycles. The third kappa shape index (κ3) is 3.46. The predicted molar refractivity (Wildman–Crippen MR) is 68.0 cm³/mol. The van der Waals surface area contributed by atoms with Crippen LogP contribution in [0, 0.1) is 6.92 Å². The number of carbonyl (C=O) groups is 1. The molecule has 6 nitrogen and oxygen atoms in total. The molecule has 1 saturated heterocycles. The van der Waals surface area contributed by atoms with Crippen molar-refractivity contribution in [2.45, 2.75) is 38.8 Å². The first kappa shape index (κ1) is 12.9. The number of aromatic nitrogens is 2. The monoisotopic (exact) mass is 252 g/mol. The van der Waals surface area contributed by atoms with Gasteiger partial charge in [-0.1, -0.05) is 0 Å². The van der Waals surface area contributed by atoms with Gasteiger partial charge in [-0.2, -0.15) is 5.10 Å². The Kier molecular flexibility index (Phi) is 4.19. The number of amides is 1. The molecule has 1 aliphatic rings. The minimum Gasteiger partial charge on any atom is -0.384 e. The Labute approximate surface area is 106 Å². The highest BCUT2D eigenvalue weighted by molar-refractivity contribution is 5.76. The summed E-state index contributed by atoms with van der Waals surface area (Å²) in [5, 5.41) is 7.00. The van der Waals surface area contributed by atoms with E-state index in [0.29, 0.717) is 12.4 Å². The summed E-state index contributed by atoms with van der Waals surface area (Å²) in [6.07, 6.45) is 3.46. The van der Waals surface area contributed by atoms with Crippen molar-refractivity contribution in [2.75, 3.05) is 18.9 Å². The number of carbonyl (C=O) groups excluding carboxylic acids is 1. The van der Waals surface area contributed by atoms with E-state index < -0.39 is 0 Å². The summed E-state index contributed by atoms with van der Waals surface area (Å²) in [6.45, 7) is 3.37. The Morgan fingerprint density at radius 2 is 2.50 bits per heavy atom. The first-order valence-electron chi connectivity index (χ1n) is 6.33. The maximum Gasteiger partial charge on any atom is 0.241 e. The van der Waals surface area contributed by atoms with E-state index in [0.717, 1.165) is 25.1 Å². The van der Waals surface area contributed by atoms with Crippen molar-refractivity contribution in [3.63, 3.8) is 0 Å².